The number of amides is 1. The number of hydrogen-bond donors (Lipinski definition) is 1. The van der Waals surface area contributed by atoms with Crippen molar-refractivity contribution in [3.8, 4) is 0 Å². The van der Waals surface area contributed by atoms with Gasteiger partial charge in [0.05, 0.1) is 0 Å². The number of thioether (sulfide) groups is 1. The average molecular weight is 410 g/mol. The van der Waals surface area contributed by atoms with E-state index in [1.54, 1.807) is 18.7 Å². The summed E-state index contributed by atoms with van der Waals surface area (Å²) in [6.07, 6.45) is 3.86. The molecule has 0 spiro atoms. The highest BCUT2D eigenvalue weighted by Crippen LogP contribution is 2.16. The predicted octanol–water partition coefficient (Wildman–Crippen LogP) is 1.72. The molecule has 0 radical (unpaired) electrons. The summed E-state index contributed by atoms with van der Waals surface area (Å²) in [5.41, 5.74) is 0. The van der Waals surface area contributed by atoms with E-state index in [0.29, 0.717) is 5.92 Å². The van der Waals surface area contributed by atoms with Gasteiger partial charge in [0, 0.05) is 59.2 Å². The lowest BCUT2D eigenvalue weighted by atomic mass is 10.2. The van der Waals surface area contributed by atoms with Crippen molar-refractivity contribution in [2.24, 2.45) is 10.9 Å². The zero-order chi connectivity index (χ0) is 20.5. The molecule has 1 saturated heterocycles. The lowest BCUT2D eigenvalue weighted by molar-refractivity contribution is -0.130. The normalized spacial score (nSPS) is 15.4. The largest absolute Gasteiger partial charge is 0.357 e. The molecule has 0 unspecified atom stereocenters. The van der Waals surface area contributed by atoms with Gasteiger partial charge in [-0.2, -0.15) is 0 Å². The van der Waals surface area contributed by atoms with Gasteiger partial charge in [-0.1, -0.05) is 25.6 Å². The molecule has 1 aliphatic rings. The van der Waals surface area contributed by atoms with Gasteiger partial charge in [-0.05, 0) is 25.5 Å². The summed E-state index contributed by atoms with van der Waals surface area (Å²) in [5.74, 6) is 2.71. The van der Waals surface area contributed by atoms with Crippen molar-refractivity contribution in [1.29, 1.82) is 0 Å². The number of nitrogens with one attached hydrogen (secondary N) is 1. The van der Waals surface area contributed by atoms with E-state index < -0.39 is 0 Å². The van der Waals surface area contributed by atoms with Gasteiger partial charge in [0.2, 0.25) is 5.91 Å². The fourth-order valence-corrected chi connectivity index (χ4v) is 3.81. The third-order valence-electron chi connectivity index (χ3n) is 4.70. The van der Waals surface area contributed by atoms with Crippen molar-refractivity contribution in [1.82, 2.24) is 29.9 Å². The standard InChI is InChI=1S/C19H35N7OS/c1-6-20-18(25-12-10-24(11-13-25)16(4)27)21-9-7-8-17-22-23-19(28-5)26(17)14-15(2)3/h15H,6-14H2,1-5H3,(H,20,21). The lowest BCUT2D eigenvalue weighted by Crippen LogP contribution is -2.53. The second kappa shape index (κ2) is 11.3. The number of hydrogen-bond acceptors (Lipinski definition) is 5. The van der Waals surface area contributed by atoms with Crippen LogP contribution in [0.1, 0.15) is 39.9 Å². The van der Waals surface area contributed by atoms with E-state index in [4.69, 9.17) is 4.99 Å². The Balaban J connectivity index is 1.91. The molecule has 0 atom stereocenters. The molecule has 28 heavy (non-hydrogen) atoms. The van der Waals surface area contributed by atoms with Gasteiger partial charge in [0.15, 0.2) is 11.1 Å². The second-order valence-electron chi connectivity index (χ2n) is 7.44. The van der Waals surface area contributed by atoms with Crippen molar-refractivity contribution in [2.45, 2.75) is 52.2 Å². The van der Waals surface area contributed by atoms with Gasteiger partial charge < -0.3 is 19.7 Å². The van der Waals surface area contributed by atoms with Gasteiger partial charge in [0.1, 0.15) is 5.82 Å². The van der Waals surface area contributed by atoms with Gasteiger partial charge in [-0.3, -0.25) is 9.79 Å². The Bertz CT molecular complexity index is 651. The third kappa shape index (κ3) is 6.39. The summed E-state index contributed by atoms with van der Waals surface area (Å²) in [6.45, 7) is 13.9. The molecule has 158 valence electrons. The summed E-state index contributed by atoms with van der Waals surface area (Å²) >= 11 is 1.65. The zero-order valence-corrected chi connectivity index (χ0v) is 18.8. The van der Waals surface area contributed by atoms with Crippen molar-refractivity contribution in [2.75, 3.05) is 45.5 Å². The zero-order valence-electron chi connectivity index (χ0n) is 17.9. The first-order chi connectivity index (χ1) is 13.5. The van der Waals surface area contributed by atoms with Crippen LogP contribution in [0.5, 0.6) is 0 Å². The molecule has 1 N–H and O–H groups in total. The van der Waals surface area contributed by atoms with Gasteiger partial charge in [-0.15, -0.1) is 10.2 Å². The number of carbonyl (C=O) groups is 1. The van der Waals surface area contributed by atoms with Gasteiger partial charge >= 0.3 is 0 Å². The minimum absolute atomic E-state index is 0.150. The number of nitrogens with zero attached hydrogens (tertiary/aromatic N) is 6. The number of aryl methyl sites for hydroxylation is 1. The number of aromatic nitrogens is 3. The van der Waals surface area contributed by atoms with Crippen LogP contribution in [0.25, 0.3) is 0 Å². The molecule has 0 aliphatic carbocycles. The fourth-order valence-electron chi connectivity index (χ4n) is 3.28. The van der Waals surface area contributed by atoms with Crippen LogP contribution >= 0.6 is 11.8 Å². The molecule has 0 bridgehead atoms. The van der Waals surface area contributed by atoms with Crippen LogP contribution in [0.4, 0.5) is 0 Å². The van der Waals surface area contributed by atoms with Crippen molar-refractivity contribution >= 4 is 23.6 Å². The Kier molecular flexibility index (Phi) is 9.08. The molecule has 2 heterocycles. The smallest absolute Gasteiger partial charge is 0.219 e. The summed E-state index contributed by atoms with van der Waals surface area (Å²) in [6, 6.07) is 0. The molecular formula is C19H35N7OS. The van der Waals surface area contributed by atoms with Crippen LogP contribution in [0.3, 0.4) is 0 Å². The van der Waals surface area contributed by atoms with Crippen molar-refractivity contribution < 1.29 is 4.79 Å². The van der Waals surface area contributed by atoms with E-state index in [0.717, 1.165) is 75.6 Å². The number of aliphatic imine (C=N–C) groups is 1. The van der Waals surface area contributed by atoms with Crippen LogP contribution in [-0.4, -0.2) is 82.0 Å². The van der Waals surface area contributed by atoms with Crippen LogP contribution in [0.2, 0.25) is 0 Å². The third-order valence-corrected chi connectivity index (χ3v) is 5.37. The second-order valence-corrected chi connectivity index (χ2v) is 8.21. The SMILES string of the molecule is CCNC(=NCCCc1nnc(SC)n1CC(C)C)N1CCN(C(C)=O)CC1. The molecule has 1 aromatic rings. The number of guanidine groups is 1. The maximum Gasteiger partial charge on any atom is 0.219 e. The highest BCUT2D eigenvalue weighted by atomic mass is 32.2. The van der Waals surface area contributed by atoms with Crippen molar-refractivity contribution in [3.63, 3.8) is 0 Å². The first-order valence-corrected chi connectivity index (χ1v) is 11.4. The molecule has 9 heteroatoms. The quantitative estimate of drug-likeness (QED) is 0.305. The summed E-state index contributed by atoms with van der Waals surface area (Å²) < 4.78 is 2.24. The Labute approximate surface area is 173 Å². The Morgan fingerprint density at radius 1 is 1.21 bits per heavy atom. The lowest BCUT2D eigenvalue weighted by Gasteiger charge is -2.36. The first kappa shape index (κ1) is 22.5. The molecule has 1 amide bonds. The Hall–Kier alpha value is -1.77. The summed E-state index contributed by atoms with van der Waals surface area (Å²) in [7, 11) is 0. The maximum absolute atomic E-state index is 11.5. The van der Waals surface area contributed by atoms with Crippen LogP contribution in [-0.2, 0) is 17.8 Å². The molecule has 2 rings (SSSR count). The number of piperazine rings is 1. The monoisotopic (exact) mass is 409 g/mol. The van der Waals surface area contributed by atoms with Crippen LogP contribution < -0.4 is 5.32 Å². The van der Waals surface area contributed by atoms with E-state index >= 15 is 0 Å². The highest BCUT2D eigenvalue weighted by molar-refractivity contribution is 7.98. The molecule has 0 saturated carbocycles. The van der Waals surface area contributed by atoms with Crippen LogP contribution in [0, 0.1) is 5.92 Å². The predicted molar refractivity (Wildman–Crippen MR) is 115 cm³/mol. The summed E-state index contributed by atoms with van der Waals surface area (Å²) in [5, 5.41) is 13.1. The van der Waals surface area contributed by atoms with E-state index in [1.807, 2.05) is 11.2 Å². The average Bonchev–Trinajstić information content (AvgIpc) is 3.05. The Morgan fingerprint density at radius 2 is 1.89 bits per heavy atom. The molecular weight excluding hydrogens is 374 g/mol. The van der Waals surface area contributed by atoms with Crippen molar-refractivity contribution in [3.05, 3.63) is 5.82 Å². The molecule has 1 aromatic heterocycles. The first-order valence-electron chi connectivity index (χ1n) is 10.2. The maximum atomic E-state index is 11.5. The fraction of sp³-hybridized carbons (Fsp3) is 0.789. The molecule has 1 aliphatic heterocycles. The van der Waals surface area contributed by atoms with E-state index in [1.165, 1.54) is 0 Å². The molecule has 8 nitrogen and oxygen atoms in total. The minimum Gasteiger partial charge on any atom is -0.357 e. The van der Waals surface area contributed by atoms with Gasteiger partial charge in [0.25, 0.3) is 0 Å². The topological polar surface area (TPSA) is 78.7 Å². The highest BCUT2D eigenvalue weighted by Gasteiger charge is 2.20. The van der Waals surface area contributed by atoms with E-state index in [-0.39, 0.29) is 5.91 Å². The number of carbonyl (C=O) groups excluding carboxylic acids is 1. The van der Waals surface area contributed by atoms with Gasteiger partial charge in [-0.25, -0.2) is 0 Å². The van der Waals surface area contributed by atoms with Crippen LogP contribution in [0.15, 0.2) is 10.1 Å². The number of rotatable bonds is 8. The summed E-state index contributed by atoms with van der Waals surface area (Å²) in [4.78, 5) is 20.5. The Morgan fingerprint density at radius 3 is 2.46 bits per heavy atom. The minimum atomic E-state index is 0.150. The molecule has 1 fully saturated rings. The van der Waals surface area contributed by atoms with E-state index in [2.05, 4.69) is 45.8 Å². The van der Waals surface area contributed by atoms with E-state index in [9.17, 15) is 4.79 Å². The molecule has 0 aromatic carbocycles.